The highest BCUT2D eigenvalue weighted by atomic mass is 32.2. The smallest absolute Gasteiger partial charge is 0.408 e. The molecule has 0 radical (unpaired) electrons. The van der Waals surface area contributed by atoms with E-state index in [0.717, 1.165) is 49.5 Å². The van der Waals surface area contributed by atoms with Crippen LogP contribution in [0, 0.1) is 12.8 Å². The highest BCUT2D eigenvalue weighted by molar-refractivity contribution is 7.91. The number of amides is 4. The minimum atomic E-state index is -3.91. The number of nitrogens with one attached hydrogen (secondary N) is 3. The summed E-state index contributed by atoms with van der Waals surface area (Å²) in [6, 6.07) is 9.11. The summed E-state index contributed by atoms with van der Waals surface area (Å²) in [5.41, 5.74) is 1.69. The van der Waals surface area contributed by atoms with Gasteiger partial charge in [0.05, 0.1) is 24.4 Å². The number of alkyl carbamates (subject to hydrolysis) is 1. The number of allylic oxidation sites excluding steroid dienone is 1. The van der Waals surface area contributed by atoms with Crippen LogP contribution >= 0.6 is 0 Å². The van der Waals surface area contributed by atoms with Crippen molar-refractivity contribution < 1.29 is 46.2 Å². The van der Waals surface area contributed by atoms with Crippen molar-refractivity contribution in [3.8, 4) is 11.5 Å². The van der Waals surface area contributed by atoms with Gasteiger partial charge in [0, 0.05) is 29.2 Å². The standard InChI is InChI=1S/C44H51N5O10S/c1-25-14-19-36-32(20-25)37-39(59-36)38(31-18-15-28(56-2)21-34(31)45-37)57-29-22-35-40(50)47-44(42(52)48-60(54,55)30-16-17-30)23-26(44)10-6-4-3-5-7-13-33(41(51)49(35)24-29)46-43(53)58-27-11-8-9-12-27/h6,10,14-15,18-21,26-27,29-30,33,35H,3-5,7-9,11-13,16-17,22-24H2,1-2H3,(H,46,53)(H,47,50)(H,48,52)/b10-6-/t26-,29-,33+,35+,44-/m1/s1. The van der Waals surface area contributed by atoms with E-state index < -0.39 is 68.7 Å². The van der Waals surface area contributed by atoms with E-state index in [1.807, 2.05) is 43.3 Å². The molecule has 5 aliphatic rings. The molecule has 3 N–H and O–H groups in total. The first kappa shape index (κ1) is 40.0. The Kier molecular flexibility index (Phi) is 10.6. The van der Waals surface area contributed by atoms with Crippen molar-refractivity contribution in [1.29, 1.82) is 0 Å². The highest BCUT2D eigenvalue weighted by Gasteiger charge is 2.62. The number of hydrogen-bond acceptors (Lipinski definition) is 11. The molecule has 9 rings (SSSR count). The van der Waals surface area contributed by atoms with Gasteiger partial charge in [0.1, 0.15) is 46.7 Å². The van der Waals surface area contributed by atoms with Crippen molar-refractivity contribution in [3.63, 3.8) is 0 Å². The van der Waals surface area contributed by atoms with Crippen LogP contribution in [0.4, 0.5) is 4.79 Å². The predicted octanol–water partition coefficient (Wildman–Crippen LogP) is 5.84. The molecule has 1 saturated heterocycles. The molecule has 318 valence electrons. The van der Waals surface area contributed by atoms with Gasteiger partial charge in [-0.25, -0.2) is 18.2 Å². The average molecular weight is 842 g/mol. The highest BCUT2D eigenvalue weighted by Crippen LogP contribution is 2.47. The van der Waals surface area contributed by atoms with Crippen molar-refractivity contribution in [3.05, 3.63) is 54.1 Å². The third-order valence-corrected chi connectivity index (χ3v) is 14.5. The van der Waals surface area contributed by atoms with Crippen molar-refractivity contribution in [2.45, 2.75) is 125 Å². The number of methoxy groups -OCH3 is 1. The normalized spacial score (nSPS) is 27.1. The quantitative estimate of drug-likeness (QED) is 0.180. The number of benzene rings is 2. The van der Waals surface area contributed by atoms with Gasteiger partial charge in [0.15, 0.2) is 11.3 Å². The second-order valence-electron chi connectivity index (χ2n) is 17.1. The van der Waals surface area contributed by atoms with Crippen LogP contribution in [-0.2, 0) is 29.1 Å². The van der Waals surface area contributed by atoms with Crippen LogP contribution in [0.5, 0.6) is 11.5 Å². The molecule has 2 aromatic heterocycles. The fourth-order valence-electron chi connectivity index (χ4n) is 9.09. The molecule has 0 bridgehead atoms. The summed E-state index contributed by atoms with van der Waals surface area (Å²) < 4.78 is 52.7. The van der Waals surface area contributed by atoms with Gasteiger partial charge < -0.3 is 34.2 Å². The van der Waals surface area contributed by atoms with Gasteiger partial charge >= 0.3 is 6.09 Å². The fraction of sp³-hybridized carbons (Fsp3) is 0.523. The van der Waals surface area contributed by atoms with Crippen LogP contribution in [0.15, 0.2) is 53.0 Å². The molecule has 0 unspecified atom stereocenters. The summed E-state index contributed by atoms with van der Waals surface area (Å²) in [7, 11) is -2.34. The Labute approximate surface area is 348 Å². The maximum absolute atomic E-state index is 14.8. The second kappa shape index (κ2) is 15.9. The van der Waals surface area contributed by atoms with E-state index >= 15 is 0 Å². The van der Waals surface area contributed by atoms with Crippen LogP contribution in [0.3, 0.4) is 0 Å². The number of nitrogens with zero attached hydrogens (tertiary/aromatic N) is 2. The Morgan fingerprint density at radius 1 is 0.967 bits per heavy atom. The minimum Gasteiger partial charge on any atom is -0.497 e. The van der Waals surface area contributed by atoms with Gasteiger partial charge in [0.2, 0.25) is 21.8 Å². The van der Waals surface area contributed by atoms with Crippen molar-refractivity contribution in [1.82, 2.24) is 25.2 Å². The maximum atomic E-state index is 14.8. The molecular formula is C44H51N5O10S. The van der Waals surface area contributed by atoms with E-state index in [4.69, 9.17) is 23.6 Å². The number of carbonyl (C=O) groups excluding carboxylic acids is 4. The molecule has 4 fully saturated rings. The first-order valence-electron chi connectivity index (χ1n) is 21.2. The van der Waals surface area contributed by atoms with E-state index in [9.17, 15) is 27.6 Å². The zero-order chi connectivity index (χ0) is 41.8. The number of fused-ring (bicyclic) bond motifs is 6. The first-order chi connectivity index (χ1) is 28.9. The fourth-order valence-corrected chi connectivity index (χ4v) is 10.5. The van der Waals surface area contributed by atoms with Crippen molar-refractivity contribution in [2.75, 3.05) is 13.7 Å². The van der Waals surface area contributed by atoms with Crippen LogP contribution in [0.1, 0.15) is 89.0 Å². The SMILES string of the molecule is COc1ccc2c(O[C@@H]3C[C@H]4C(=O)N[C@]5(C(=O)NS(=O)(=O)C6CC6)C[C@H]5/C=C\CCCCC[C@H](NC(=O)OC5CCCC5)C(=O)N4C3)c3oc4ccc(C)cc4c3nc2c1. The molecule has 4 heterocycles. The lowest BCUT2D eigenvalue weighted by Crippen LogP contribution is -2.58. The molecule has 2 aromatic carbocycles. The van der Waals surface area contributed by atoms with Crippen LogP contribution in [0.2, 0.25) is 0 Å². The van der Waals surface area contributed by atoms with E-state index in [2.05, 4.69) is 15.4 Å². The lowest BCUT2D eigenvalue weighted by molar-refractivity contribution is -0.141. The minimum absolute atomic E-state index is 0.0240. The summed E-state index contributed by atoms with van der Waals surface area (Å²) in [6.07, 6.45) is 10.0. The molecule has 4 aromatic rings. The Morgan fingerprint density at radius 2 is 1.77 bits per heavy atom. The van der Waals surface area contributed by atoms with Gasteiger partial charge in [0.25, 0.3) is 5.91 Å². The summed E-state index contributed by atoms with van der Waals surface area (Å²) in [5, 5.41) is 6.56. The summed E-state index contributed by atoms with van der Waals surface area (Å²) in [4.78, 5) is 63.0. The zero-order valence-corrected chi connectivity index (χ0v) is 34.7. The van der Waals surface area contributed by atoms with Gasteiger partial charge in [-0.15, -0.1) is 0 Å². The van der Waals surface area contributed by atoms with Crippen molar-refractivity contribution in [2.24, 2.45) is 5.92 Å². The van der Waals surface area contributed by atoms with Crippen LogP contribution in [0.25, 0.3) is 33.0 Å². The number of furan rings is 1. The number of carbonyl (C=O) groups is 4. The zero-order valence-electron chi connectivity index (χ0n) is 33.9. The average Bonchev–Trinajstić information content (AvgIpc) is 4.04. The largest absolute Gasteiger partial charge is 0.497 e. The summed E-state index contributed by atoms with van der Waals surface area (Å²) in [5.74, 6) is -1.35. The summed E-state index contributed by atoms with van der Waals surface area (Å²) >= 11 is 0. The number of hydrogen-bond donors (Lipinski definition) is 3. The molecular weight excluding hydrogens is 791 g/mol. The van der Waals surface area contributed by atoms with Gasteiger partial charge in [-0.05, 0) is 95.4 Å². The van der Waals surface area contributed by atoms with Crippen molar-refractivity contribution >= 4 is 66.8 Å². The van der Waals surface area contributed by atoms with E-state index in [0.29, 0.717) is 71.2 Å². The van der Waals surface area contributed by atoms with Gasteiger partial charge in [-0.3, -0.25) is 19.1 Å². The predicted molar refractivity (Wildman–Crippen MR) is 222 cm³/mol. The molecule has 5 atom stereocenters. The number of pyridine rings is 1. The molecule has 0 spiro atoms. The third-order valence-electron chi connectivity index (χ3n) is 12.7. The molecule has 15 nitrogen and oxygen atoms in total. The molecule has 3 aliphatic carbocycles. The van der Waals surface area contributed by atoms with Crippen LogP contribution < -0.4 is 24.8 Å². The lowest BCUT2D eigenvalue weighted by Gasteiger charge is -2.30. The first-order valence-corrected chi connectivity index (χ1v) is 22.8. The molecule has 60 heavy (non-hydrogen) atoms. The van der Waals surface area contributed by atoms with E-state index in [1.165, 1.54) is 4.90 Å². The Balaban J connectivity index is 1.07. The molecule has 16 heteroatoms. The maximum Gasteiger partial charge on any atom is 0.408 e. The number of rotatable bonds is 8. The number of aryl methyl sites for hydroxylation is 1. The topological polar surface area (TPSA) is 195 Å². The molecule has 4 amide bonds. The molecule has 2 aliphatic heterocycles. The summed E-state index contributed by atoms with van der Waals surface area (Å²) in [6.45, 7) is 1.95. The van der Waals surface area contributed by atoms with E-state index in [-0.39, 0.29) is 25.5 Å². The number of ether oxygens (including phenoxy) is 3. The molecule has 3 saturated carbocycles. The number of sulfonamides is 1. The van der Waals surface area contributed by atoms with E-state index in [1.54, 1.807) is 19.2 Å². The lowest BCUT2D eigenvalue weighted by atomic mass is 10.0. The Morgan fingerprint density at radius 3 is 2.55 bits per heavy atom. The monoisotopic (exact) mass is 841 g/mol. The van der Waals surface area contributed by atoms with Crippen LogP contribution in [-0.4, -0.2) is 90.9 Å². The van der Waals surface area contributed by atoms with Gasteiger partial charge in [-0.1, -0.05) is 36.6 Å². The second-order valence-corrected chi connectivity index (χ2v) is 19.1. The third kappa shape index (κ3) is 7.85. The number of aromatic nitrogens is 1. The Bertz CT molecular complexity index is 2510. The van der Waals surface area contributed by atoms with Gasteiger partial charge in [-0.2, -0.15) is 0 Å². The Hall–Kier alpha value is -5.38.